The summed E-state index contributed by atoms with van der Waals surface area (Å²) >= 11 is 0. The van der Waals surface area contributed by atoms with Gasteiger partial charge in [-0.1, -0.05) is 12.1 Å². The van der Waals surface area contributed by atoms with Crippen molar-refractivity contribution >= 4 is 17.7 Å². The number of halogens is 2. The third-order valence-corrected chi connectivity index (χ3v) is 3.55. The van der Waals surface area contributed by atoms with Gasteiger partial charge in [-0.3, -0.25) is 4.79 Å². The molecule has 1 aliphatic heterocycles. The van der Waals surface area contributed by atoms with E-state index in [1.54, 1.807) is 32.9 Å². The maximum Gasteiger partial charge on any atom is 0.407 e. The van der Waals surface area contributed by atoms with Crippen LogP contribution in [0.25, 0.3) is 0 Å². The number of anilines is 1. The van der Waals surface area contributed by atoms with E-state index in [9.17, 15) is 18.4 Å². The van der Waals surface area contributed by atoms with Crippen LogP contribution in [0.2, 0.25) is 0 Å². The molecule has 0 unspecified atom stereocenters. The minimum Gasteiger partial charge on any atom is -0.444 e. The van der Waals surface area contributed by atoms with Gasteiger partial charge in [0.1, 0.15) is 5.60 Å². The second kappa shape index (κ2) is 7.15. The first kappa shape index (κ1) is 18.2. The van der Waals surface area contributed by atoms with Gasteiger partial charge in [-0.05, 0) is 50.8 Å². The number of nitrogens with zero attached hydrogens (tertiary/aromatic N) is 1. The number of hydrogen-bond donors (Lipinski definition) is 1. The smallest absolute Gasteiger partial charge is 0.407 e. The molecule has 5 nitrogen and oxygen atoms in total. The zero-order valence-electron chi connectivity index (χ0n) is 14.1. The van der Waals surface area contributed by atoms with Gasteiger partial charge in [-0.2, -0.15) is 8.78 Å². The maximum absolute atomic E-state index is 12.7. The van der Waals surface area contributed by atoms with Crippen LogP contribution in [0.1, 0.15) is 38.3 Å². The summed E-state index contributed by atoms with van der Waals surface area (Å²) in [5, 5.41) is 2.65. The summed E-state index contributed by atoms with van der Waals surface area (Å²) in [6, 6.07) is 5.20. The van der Waals surface area contributed by atoms with E-state index in [0.717, 1.165) is 16.0 Å². The lowest BCUT2D eigenvalue weighted by atomic mass is 9.99. The second-order valence-electron chi connectivity index (χ2n) is 6.71. The van der Waals surface area contributed by atoms with Crippen LogP contribution in [0.15, 0.2) is 18.2 Å². The molecule has 2 amide bonds. The van der Waals surface area contributed by atoms with Gasteiger partial charge in [-0.25, -0.2) is 4.79 Å². The van der Waals surface area contributed by atoms with Crippen LogP contribution in [0.5, 0.6) is 0 Å². The van der Waals surface area contributed by atoms with Gasteiger partial charge in [-0.15, -0.1) is 0 Å². The number of alkyl halides is 2. The van der Waals surface area contributed by atoms with Crippen molar-refractivity contribution in [2.24, 2.45) is 0 Å². The Bertz CT molecular complexity index is 627. The summed E-state index contributed by atoms with van der Waals surface area (Å²) in [6.07, 6.45) is -2.18. The van der Waals surface area contributed by atoms with Crippen LogP contribution >= 0.6 is 0 Å². The Hall–Kier alpha value is -2.18. The van der Waals surface area contributed by atoms with Gasteiger partial charge in [0.25, 0.3) is 5.91 Å². The highest BCUT2D eigenvalue weighted by Crippen LogP contribution is 2.29. The SMILES string of the molecule is CC(C)(C)OC(=O)NCc1ccc2c(c1)CCCN2C(=O)C(F)F. The molecule has 0 saturated heterocycles. The summed E-state index contributed by atoms with van der Waals surface area (Å²) in [5.41, 5.74) is 1.60. The van der Waals surface area contributed by atoms with E-state index in [1.807, 2.05) is 6.07 Å². The predicted molar refractivity (Wildman–Crippen MR) is 86.2 cm³/mol. The summed E-state index contributed by atoms with van der Waals surface area (Å²) in [5.74, 6) is -1.17. The number of benzene rings is 1. The summed E-state index contributed by atoms with van der Waals surface area (Å²) < 4.78 is 30.5. The first-order valence-corrected chi connectivity index (χ1v) is 7.85. The highest BCUT2D eigenvalue weighted by atomic mass is 19.3. The molecule has 1 aromatic carbocycles. The lowest BCUT2D eigenvalue weighted by molar-refractivity contribution is -0.129. The normalized spacial score (nSPS) is 14.3. The zero-order chi connectivity index (χ0) is 17.9. The van der Waals surface area contributed by atoms with Gasteiger partial charge >= 0.3 is 12.5 Å². The first-order chi connectivity index (χ1) is 11.2. The first-order valence-electron chi connectivity index (χ1n) is 7.85. The quantitative estimate of drug-likeness (QED) is 0.919. The lowest BCUT2D eigenvalue weighted by Gasteiger charge is -2.29. The second-order valence-corrected chi connectivity index (χ2v) is 6.71. The van der Waals surface area contributed by atoms with Crippen LogP contribution < -0.4 is 10.2 Å². The van der Waals surface area contributed by atoms with E-state index >= 15 is 0 Å². The van der Waals surface area contributed by atoms with E-state index in [-0.39, 0.29) is 6.54 Å². The van der Waals surface area contributed by atoms with E-state index < -0.39 is 24.0 Å². The number of hydrogen-bond acceptors (Lipinski definition) is 3. The number of carbonyl (C=O) groups is 2. The van der Waals surface area contributed by atoms with Crippen molar-refractivity contribution in [3.8, 4) is 0 Å². The van der Waals surface area contributed by atoms with Crippen molar-refractivity contribution in [1.29, 1.82) is 0 Å². The predicted octanol–water partition coefficient (Wildman–Crippen LogP) is 3.26. The molecule has 0 radical (unpaired) electrons. The third-order valence-electron chi connectivity index (χ3n) is 3.55. The molecule has 0 saturated carbocycles. The molecule has 1 aliphatic rings. The van der Waals surface area contributed by atoms with Gasteiger partial charge in [0.15, 0.2) is 0 Å². The molecule has 1 aromatic rings. The molecule has 0 bridgehead atoms. The number of nitrogens with one attached hydrogen (secondary N) is 1. The Balaban J connectivity index is 2.06. The number of carbonyl (C=O) groups excluding carboxylic acids is 2. The van der Waals surface area contributed by atoms with E-state index in [2.05, 4.69) is 5.32 Å². The van der Waals surface area contributed by atoms with Crippen molar-refractivity contribution in [1.82, 2.24) is 5.32 Å². The molecule has 0 atom stereocenters. The topological polar surface area (TPSA) is 58.6 Å². The molecule has 0 aliphatic carbocycles. The van der Waals surface area contributed by atoms with Crippen LogP contribution in [0.4, 0.5) is 19.3 Å². The number of ether oxygens (including phenoxy) is 1. The Morgan fingerprint density at radius 2 is 2.04 bits per heavy atom. The zero-order valence-corrected chi connectivity index (χ0v) is 14.1. The number of aryl methyl sites for hydroxylation is 1. The average Bonchev–Trinajstić information content (AvgIpc) is 2.49. The van der Waals surface area contributed by atoms with E-state index in [4.69, 9.17) is 4.74 Å². The average molecular weight is 340 g/mol. The number of fused-ring (bicyclic) bond motifs is 1. The van der Waals surface area contributed by atoms with Gasteiger partial charge in [0.2, 0.25) is 0 Å². The molecule has 24 heavy (non-hydrogen) atoms. The van der Waals surface area contributed by atoms with Crippen molar-refractivity contribution in [3.05, 3.63) is 29.3 Å². The van der Waals surface area contributed by atoms with Gasteiger partial charge < -0.3 is 15.0 Å². The molecular weight excluding hydrogens is 318 g/mol. The molecule has 0 aromatic heterocycles. The number of amides is 2. The Kier molecular flexibility index (Phi) is 5.41. The van der Waals surface area contributed by atoms with E-state index in [0.29, 0.717) is 25.1 Å². The fourth-order valence-electron chi connectivity index (χ4n) is 2.60. The highest BCUT2D eigenvalue weighted by Gasteiger charge is 2.28. The Morgan fingerprint density at radius 1 is 1.33 bits per heavy atom. The van der Waals surface area contributed by atoms with Crippen molar-refractivity contribution in [3.63, 3.8) is 0 Å². The summed E-state index contributed by atoms with van der Waals surface area (Å²) in [4.78, 5) is 24.4. The molecule has 0 spiro atoms. The molecule has 1 heterocycles. The monoisotopic (exact) mass is 340 g/mol. The fourth-order valence-corrected chi connectivity index (χ4v) is 2.60. The Morgan fingerprint density at radius 3 is 2.67 bits per heavy atom. The van der Waals surface area contributed by atoms with Crippen molar-refractivity contribution in [2.75, 3.05) is 11.4 Å². The van der Waals surface area contributed by atoms with Crippen molar-refractivity contribution in [2.45, 2.75) is 52.2 Å². The number of rotatable bonds is 3. The number of alkyl carbamates (subject to hydrolysis) is 1. The minimum absolute atomic E-state index is 0.269. The van der Waals surface area contributed by atoms with Gasteiger partial charge in [0, 0.05) is 18.8 Å². The molecule has 132 valence electrons. The molecule has 0 fully saturated rings. The molecular formula is C17H22F2N2O3. The lowest BCUT2D eigenvalue weighted by Crippen LogP contribution is -2.39. The summed E-state index contributed by atoms with van der Waals surface area (Å²) in [7, 11) is 0. The largest absolute Gasteiger partial charge is 0.444 e. The minimum atomic E-state index is -3.01. The maximum atomic E-state index is 12.7. The van der Waals surface area contributed by atoms with Gasteiger partial charge in [0.05, 0.1) is 0 Å². The summed E-state index contributed by atoms with van der Waals surface area (Å²) in [6.45, 7) is 5.90. The highest BCUT2D eigenvalue weighted by molar-refractivity contribution is 5.96. The van der Waals surface area contributed by atoms with Crippen LogP contribution in [0, 0.1) is 0 Å². The molecule has 7 heteroatoms. The Labute approximate surface area is 140 Å². The van der Waals surface area contributed by atoms with E-state index in [1.165, 1.54) is 0 Å². The van der Waals surface area contributed by atoms with Crippen LogP contribution in [-0.2, 0) is 22.5 Å². The van der Waals surface area contributed by atoms with Crippen molar-refractivity contribution < 1.29 is 23.1 Å². The standard InChI is InChI=1S/C17H22F2N2O3/c1-17(2,3)24-16(23)20-10-11-6-7-13-12(9-11)5-4-8-21(13)15(22)14(18)19/h6-7,9,14H,4-5,8,10H2,1-3H3,(H,20,23). The molecule has 1 N–H and O–H groups in total. The molecule has 2 rings (SSSR count). The van der Waals surface area contributed by atoms with Crippen LogP contribution in [0.3, 0.4) is 0 Å². The van der Waals surface area contributed by atoms with Crippen LogP contribution in [-0.4, -0.2) is 30.6 Å². The fraction of sp³-hybridized carbons (Fsp3) is 0.529. The third kappa shape index (κ3) is 4.66.